The zero-order valence-electron chi connectivity index (χ0n) is 11.2. The fourth-order valence-electron chi connectivity index (χ4n) is 4.22. The molecule has 0 aromatic heterocycles. The zero-order valence-corrected chi connectivity index (χ0v) is 12.8. The first-order chi connectivity index (χ1) is 8.76. The molecule has 0 nitrogen and oxygen atoms in total. The highest BCUT2D eigenvalue weighted by atomic mass is 79.9. The van der Waals surface area contributed by atoms with Crippen molar-refractivity contribution in [2.75, 3.05) is 5.33 Å². The van der Waals surface area contributed by atoms with E-state index >= 15 is 0 Å². The molecule has 2 aliphatic rings. The third kappa shape index (κ3) is 2.52. The first-order valence-electron chi connectivity index (χ1n) is 7.37. The van der Waals surface area contributed by atoms with Crippen LogP contribution in [0.4, 0.5) is 0 Å². The van der Waals surface area contributed by atoms with Crippen molar-refractivity contribution >= 4 is 15.9 Å². The van der Waals surface area contributed by atoms with E-state index in [0.717, 1.165) is 23.7 Å². The summed E-state index contributed by atoms with van der Waals surface area (Å²) in [6.45, 7) is 2.17. The lowest BCUT2D eigenvalue weighted by molar-refractivity contribution is 0.245. The molecule has 4 atom stereocenters. The van der Waals surface area contributed by atoms with Gasteiger partial charge >= 0.3 is 0 Å². The third-order valence-electron chi connectivity index (χ3n) is 5.21. The summed E-state index contributed by atoms with van der Waals surface area (Å²) >= 11 is 3.77. The molecule has 1 heteroatoms. The Labute approximate surface area is 119 Å². The van der Waals surface area contributed by atoms with Crippen molar-refractivity contribution in [2.45, 2.75) is 39.0 Å². The number of halogens is 1. The maximum atomic E-state index is 3.77. The van der Waals surface area contributed by atoms with Crippen LogP contribution in [0.1, 0.15) is 36.8 Å². The molecule has 2 bridgehead atoms. The van der Waals surface area contributed by atoms with Gasteiger partial charge in [-0.25, -0.2) is 0 Å². The Morgan fingerprint density at radius 2 is 1.94 bits per heavy atom. The molecule has 0 saturated heterocycles. The van der Waals surface area contributed by atoms with Gasteiger partial charge in [-0.3, -0.25) is 0 Å². The molecular formula is C17H23Br. The molecule has 0 aliphatic heterocycles. The van der Waals surface area contributed by atoms with Crippen LogP contribution < -0.4 is 0 Å². The van der Waals surface area contributed by atoms with E-state index in [2.05, 4.69) is 47.1 Å². The summed E-state index contributed by atoms with van der Waals surface area (Å²) in [5, 5.41) is 1.18. The van der Waals surface area contributed by atoms with Gasteiger partial charge in [0.15, 0.2) is 0 Å². The molecule has 0 radical (unpaired) electrons. The average Bonchev–Trinajstić information content (AvgIpc) is 3.00. The topological polar surface area (TPSA) is 0 Å². The molecule has 2 aliphatic carbocycles. The van der Waals surface area contributed by atoms with Crippen LogP contribution in [0.3, 0.4) is 0 Å². The molecule has 3 rings (SSSR count). The molecule has 0 heterocycles. The van der Waals surface area contributed by atoms with Gasteiger partial charge in [0.1, 0.15) is 0 Å². The minimum absolute atomic E-state index is 0.850. The quantitative estimate of drug-likeness (QED) is 0.688. The lowest BCUT2D eigenvalue weighted by Crippen LogP contribution is -2.24. The predicted molar refractivity (Wildman–Crippen MR) is 81.1 cm³/mol. The van der Waals surface area contributed by atoms with Gasteiger partial charge in [-0.2, -0.15) is 0 Å². The highest BCUT2D eigenvalue weighted by Crippen LogP contribution is 2.51. The highest BCUT2D eigenvalue weighted by Gasteiger charge is 2.42. The van der Waals surface area contributed by atoms with Gasteiger partial charge in [-0.05, 0) is 61.8 Å². The second-order valence-electron chi connectivity index (χ2n) is 6.44. The summed E-state index contributed by atoms with van der Waals surface area (Å²) in [6, 6.07) is 9.14. The van der Waals surface area contributed by atoms with Crippen LogP contribution in [0.5, 0.6) is 0 Å². The van der Waals surface area contributed by atoms with Crippen molar-refractivity contribution in [1.29, 1.82) is 0 Å². The van der Waals surface area contributed by atoms with E-state index in [1.54, 1.807) is 0 Å². The van der Waals surface area contributed by atoms with E-state index in [-0.39, 0.29) is 0 Å². The van der Waals surface area contributed by atoms with E-state index in [1.165, 1.54) is 48.6 Å². The van der Waals surface area contributed by atoms with Crippen molar-refractivity contribution in [3.05, 3.63) is 35.4 Å². The molecule has 2 saturated carbocycles. The standard InChI is InChI=1S/C17H23Br/c1-12-2-4-13(5-3-12)8-16(11-18)17-10-14-6-7-15(17)9-14/h2-5,14-17H,6-11H2,1H3. The Balaban J connectivity index is 1.67. The SMILES string of the molecule is Cc1ccc(CC(CBr)C2CC3CCC2C3)cc1. The van der Waals surface area contributed by atoms with Crippen molar-refractivity contribution in [3.63, 3.8) is 0 Å². The number of benzene rings is 1. The van der Waals surface area contributed by atoms with Gasteiger partial charge in [0.25, 0.3) is 0 Å². The van der Waals surface area contributed by atoms with E-state index in [4.69, 9.17) is 0 Å². The fraction of sp³-hybridized carbons (Fsp3) is 0.647. The Hall–Kier alpha value is -0.300. The largest absolute Gasteiger partial charge is 0.0925 e. The number of aryl methyl sites for hydroxylation is 1. The summed E-state index contributed by atoms with van der Waals surface area (Å²) in [5.74, 6) is 3.95. The number of hydrogen-bond acceptors (Lipinski definition) is 0. The molecule has 18 heavy (non-hydrogen) atoms. The van der Waals surface area contributed by atoms with Crippen LogP contribution in [0, 0.1) is 30.6 Å². The minimum Gasteiger partial charge on any atom is -0.0925 e. The summed E-state index contributed by atoms with van der Waals surface area (Å²) in [7, 11) is 0. The molecule has 0 spiro atoms. The normalized spacial score (nSPS) is 31.8. The average molecular weight is 307 g/mol. The van der Waals surface area contributed by atoms with E-state index in [0.29, 0.717) is 0 Å². The first kappa shape index (κ1) is 12.7. The number of hydrogen-bond donors (Lipinski definition) is 0. The Morgan fingerprint density at radius 1 is 1.17 bits per heavy atom. The van der Waals surface area contributed by atoms with Crippen LogP contribution in [-0.2, 0) is 6.42 Å². The van der Waals surface area contributed by atoms with Gasteiger partial charge in [-0.15, -0.1) is 0 Å². The molecule has 1 aromatic rings. The molecular weight excluding hydrogens is 284 g/mol. The second kappa shape index (κ2) is 5.36. The van der Waals surface area contributed by atoms with Crippen LogP contribution in [-0.4, -0.2) is 5.33 Å². The Morgan fingerprint density at radius 3 is 2.50 bits per heavy atom. The van der Waals surface area contributed by atoms with Crippen LogP contribution in [0.2, 0.25) is 0 Å². The lowest BCUT2D eigenvalue weighted by atomic mass is 9.77. The van der Waals surface area contributed by atoms with Crippen molar-refractivity contribution in [3.8, 4) is 0 Å². The van der Waals surface area contributed by atoms with Gasteiger partial charge < -0.3 is 0 Å². The highest BCUT2D eigenvalue weighted by molar-refractivity contribution is 9.09. The summed E-state index contributed by atoms with van der Waals surface area (Å²) in [4.78, 5) is 0. The number of fused-ring (bicyclic) bond motifs is 2. The van der Waals surface area contributed by atoms with Crippen molar-refractivity contribution in [1.82, 2.24) is 0 Å². The maximum absolute atomic E-state index is 3.77. The predicted octanol–water partition coefficient (Wildman–Crippen LogP) is 4.98. The Kier molecular flexibility index (Phi) is 3.79. The van der Waals surface area contributed by atoms with Crippen LogP contribution in [0.25, 0.3) is 0 Å². The lowest BCUT2D eigenvalue weighted by Gasteiger charge is -2.29. The van der Waals surface area contributed by atoms with Crippen molar-refractivity contribution in [2.24, 2.45) is 23.7 Å². The van der Waals surface area contributed by atoms with Crippen molar-refractivity contribution < 1.29 is 0 Å². The third-order valence-corrected chi connectivity index (χ3v) is 6.05. The molecule has 2 fully saturated rings. The molecule has 4 unspecified atom stereocenters. The summed E-state index contributed by atoms with van der Waals surface area (Å²) in [5.41, 5.74) is 2.89. The van der Waals surface area contributed by atoms with Crippen LogP contribution >= 0.6 is 15.9 Å². The number of rotatable bonds is 4. The minimum atomic E-state index is 0.850. The Bertz CT molecular complexity index is 395. The van der Waals surface area contributed by atoms with Gasteiger partial charge in [-0.1, -0.05) is 52.2 Å². The zero-order chi connectivity index (χ0) is 12.5. The smallest absolute Gasteiger partial charge is 0.00656 e. The van der Waals surface area contributed by atoms with Crippen LogP contribution in [0.15, 0.2) is 24.3 Å². The van der Waals surface area contributed by atoms with Gasteiger partial charge in [0, 0.05) is 5.33 Å². The molecule has 98 valence electrons. The van der Waals surface area contributed by atoms with Gasteiger partial charge in [0.2, 0.25) is 0 Å². The van der Waals surface area contributed by atoms with Gasteiger partial charge in [0.05, 0.1) is 0 Å². The molecule has 1 aromatic carbocycles. The fourth-order valence-corrected chi connectivity index (χ4v) is 4.93. The summed E-state index contributed by atoms with van der Waals surface area (Å²) in [6.07, 6.45) is 7.32. The van der Waals surface area contributed by atoms with E-state index in [1.807, 2.05) is 0 Å². The maximum Gasteiger partial charge on any atom is 0.00656 e. The van der Waals surface area contributed by atoms with E-state index in [9.17, 15) is 0 Å². The molecule has 0 amide bonds. The summed E-state index contributed by atoms with van der Waals surface area (Å²) < 4.78 is 0. The monoisotopic (exact) mass is 306 g/mol. The molecule has 0 N–H and O–H groups in total. The second-order valence-corrected chi connectivity index (χ2v) is 7.09. The van der Waals surface area contributed by atoms with E-state index < -0.39 is 0 Å². The first-order valence-corrected chi connectivity index (χ1v) is 8.50. The number of alkyl halides is 1.